The molecule has 6 heteroatoms. The fourth-order valence-corrected chi connectivity index (χ4v) is 13.3. The zero-order valence-corrected chi connectivity index (χ0v) is 61.9. The second kappa shape index (κ2) is 80.5. The molecule has 3 N–H and O–H groups in total. The normalized spacial score (nSPS) is 12.6. The summed E-state index contributed by atoms with van der Waals surface area (Å²) in [5.74, 6) is -0.0177. The maximum atomic E-state index is 12.6. The van der Waals surface area contributed by atoms with Gasteiger partial charge < -0.3 is 20.3 Å². The fraction of sp³-hybridized carbons (Fsp3) is 0.906. The van der Waals surface area contributed by atoms with Crippen molar-refractivity contribution < 1.29 is 24.5 Å². The molecule has 0 fully saturated rings. The molecule has 538 valence electrons. The molecule has 91 heavy (non-hydrogen) atoms. The van der Waals surface area contributed by atoms with Crippen LogP contribution < -0.4 is 5.32 Å². The van der Waals surface area contributed by atoms with E-state index in [0.717, 1.165) is 51.4 Å². The zero-order chi connectivity index (χ0) is 65.6. The molecule has 0 aliphatic heterocycles. The Balaban J connectivity index is 3.37. The minimum atomic E-state index is -0.665. The largest absolute Gasteiger partial charge is 0.466 e. The first-order valence-electron chi connectivity index (χ1n) is 41.7. The highest BCUT2D eigenvalue weighted by molar-refractivity contribution is 5.76. The Labute approximate surface area is 570 Å². The molecule has 0 heterocycles. The van der Waals surface area contributed by atoms with E-state index >= 15 is 0 Å². The molecule has 6 nitrogen and oxygen atoms in total. The van der Waals surface area contributed by atoms with Gasteiger partial charge in [-0.25, -0.2) is 0 Å². The summed E-state index contributed by atoms with van der Waals surface area (Å²) in [5.41, 5.74) is 0. The van der Waals surface area contributed by atoms with Crippen molar-refractivity contribution in [3.63, 3.8) is 0 Å². The summed E-state index contributed by atoms with van der Waals surface area (Å²) in [6.45, 7) is 4.99. The summed E-state index contributed by atoms with van der Waals surface area (Å²) in [6, 6.07) is -0.542. The van der Waals surface area contributed by atoms with Crippen LogP contribution in [0.5, 0.6) is 0 Å². The zero-order valence-electron chi connectivity index (χ0n) is 61.9. The fourth-order valence-electron chi connectivity index (χ4n) is 13.3. The molecule has 0 radical (unpaired) electrons. The maximum Gasteiger partial charge on any atom is 0.305 e. The number of aliphatic hydroxyl groups excluding tert-OH is 2. The van der Waals surface area contributed by atoms with Gasteiger partial charge >= 0.3 is 5.97 Å². The van der Waals surface area contributed by atoms with Gasteiger partial charge in [0.05, 0.1) is 25.4 Å². The highest BCUT2D eigenvalue weighted by Crippen LogP contribution is 2.20. The molecule has 0 aromatic heterocycles. The van der Waals surface area contributed by atoms with Crippen LogP contribution >= 0.6 is 0 Å². The second-order valence-electron chi connectivity index (χ2n) is 28.8. The van der Waals surface area contributed by atoms with E-state index in [-0.39, 0.29) is 18.5 Å². The van der Waals surface area contributed by atoms with Gasteiger partial charge in [0.1, 0.15) is 0 Å². The first-order valence-corrected chi connectivity index (χ1v) is 41.7. The smallest absolute Gasteiger partial charge is 0.305 e. The molecule has 0 aliphatic rings. The number of esters is 1. The van der Waals surface area contributed by atoms with Gasteiger partial charge in [0.15, 0.2) is 0 Å². The van der Waals surface area contributed by atoms with E-state index in [2.05, 4.69) is 55.6 Å². The standard InChI is InChI=1S/C85H163NO5/c1-3-5-7-9-11-13-15-17-19-20-21-22-23-35-38-41-44-47-50-53-57-61-65-69-73-77-83(88)82(81-87)86-84(89)78-74-70-66-62-58-54-51-48-45-42-39-36-33-31-29-27-25-24-26-28-30-32-34-37-40-43-46-49-52-56-60-64-68-72-76-80-91-85(90)79-75-71-67-63-59-55-18-16-14-12-10-8-6-4-2/h16,18,26,28,32,34,82-83,87-88H,3-15,17,19-25,27,29-31,33,35-81H2,1-2H3,(H,86,89)/b18-16-,28-26-,34-32-. The molecule has 2 unspecified atom stereocenters. The van der Waals surface area contributed by atoms with Crippen LogP contribution in [0.1, 0.15) is 470 Å². The lowest BCUT2D eigenvalue weighted by molar-refractivity contribution is -0.143. The predicted octanol–water partition coefficient (Wildman–Crippen LogP) is 27.8. The third-order valence-corrected chi connectivity index (χ3v) is 19.7. The molecule has 1 amide bonds. The Kier molecular flexibility index (Phi) is 78.8. The van der Waals surface area contributed by atoms with Crippen LogP contribution in [0, 0.1) is 0 Å². The van der Waals surface area contributed by atoms with E-state index in [1.54, 1.807) is 0 Å². The van der Waals surface area contributed by atoms with Crippen molar-refractivity contribution in [2.75, 3.05) is 13.2 Å². The summed E-state index contributed by atoms with van der Waals surface area (Å²) in [7, 11) is 0. The van der Waals surface area contributed by atoms with E-state index in [1.165, 1.54) is 385 Å². The third-order valence-electron chi connectivity index (χ3n) is 19.7. The molecule has 0 rings (SSSR count). The van der Waals surface area contributed by atoms with Gasteiger partial charge in [-0.15, -0.1) is 0 Å². The first kappa shape index (κ1) is 89.1. The number of amides is 1. The SMILES string of the molecule is CCCCCCC/C=C\CCCCCCCC(=O)OCCCCCCCCCCCCC/C=C\C/C=C\CCCCCCCCCCCCCCCCCCCC(=O)NC(CO)C(O)CCCCCCCCCCCCCCCCCCCCCCCCCCC. The molecule has 0 aromatic rings. The van der Waals surface area contributed by atoms with Crippen LogP contribution in [0.2, 0.25) is 0 Å². The van der Waals surface area contributed by atoms with Crippen LogP contribution in [0.25, 0.3) is 0 Å². The number of ether oxygens (including phenoxy) is 1. The predicted molar refractivity (Wildman–Crippen MR) is 403 cm³/mol. The Morgan fingerprint density at radius 3 is 0.846 bits per heavy atom. The second-order valence-corrected chi connectivity index (χ2v) is 28.8. The van der Waals surface area contributed by atoms with Crippen molar-refractivity contribution in [3.8, 4) is 0 Å². The molecule has 0 bridgehead atoms. The third kappa shape index (κ3) is 77.0. The van der Waals surface area contributed by atoms with Gasteiger partial charge in [-0.3, -0.25) is 9.59 Å². The van der Waals surface area contributed by atoms with Crippen molar-refractivity contribution in [2.45, 2.75) is 482 Å². The van der Waals surface area contributed by atoms with Crippen molar-refractivity contribution in [3.05, 3.63) is 36.5 Å². The summed E-state index contributed by atoms with van der Waals surface area (Å²) in [6.07, 6.45) is 105. The van der Waals surface area contributed by atoms with Gasteiger partial charge in [-0.1, -0.05) is 410 Å². The van der Waals surface area contributed by atoms with E-state index in [9.17, 15) is 19.8 Å². The lowest BCUT2D eigenvalue weighted by Crippen LogP contribution is -2.45. The number of unbranched alkanes of at least 4 members (excludes halogenated alkanes) is 62. The highest BCUT2D eigenvalue weighted by atomic mass is 16.5. The number of nitrogens with one attached hydrogen (secondary N) is 1. The van der Waals surface area contributed by atoms with E-state index in [0.29, 0.717) is 25.9 Å². The maximum absolute atomic E-state index is 12.6. The highest BCUT2D eigenvalue weighted by Gasteiger charge is 2.20. The average Bonchev–Trinajstić information content (AvgIpc) is 3.64. The molecule has 0 spiro atoms. The summed E-state index contributed by atoms with van der Waals surface area (Å²) in [5, 5.41) is 23.5. The van der Waals surface area contributed by atoms with Crippen LogP contribution in [0.3, 0.4) is 0 Å². The van der Waals surface area contributed by atoms with Gasteiger partial charge in [-0.2, -0.15) is 0 Å². The quantitative estimate of drug-likeness (QED) is 0.0320. The Morgan fingerprint density at radius 2 is 0.549 bits per heavy atom. The van der Waals surface area contributed by atoms with Gasteiger partial charge in [0.25, 0.3) is 0 Å². The Hall–Kier alpha value is -1.92. The topological polar surface area (TPSA) is 95.9 Å². The minimum absolute atomic E-state index is 0.00903. The van der Waals surface area contributed by atoms with Gasteiger partial charge in [-0.05, 0) is 83.5 Å². The molecular formula is C85H163NO5. The lowest BCUT2D eigenvalue weighted by Gasteiger charge is -2.22. The average molecular weight is 1280 g/mol. The summed E-state index contributed by atoms with van der Waals surface area (Å²) in [4.78, 5) is 24.7. The number of hydrogen-bond donors (Lipinski definition) is 3. The number of carbonyl (C=O) groups is 2. The van der Waals surface area contributed by atoms with Gasteiger partial charge in [0, 0.05) is 12.8 Å². The molecule has 0 aliphatic carbocycles. The number of hydrogen-bond acceptors (Lipinski definition) is 5. The monoisotopic (exact) mass is 1280 g/mol. The number of allylic oxidation sites excluding steroid dienone is 6. The van der Waals surface area contributed by atoms with E-state index in [4.69, 9.17) is 4.74 Å². The van der Waals surface area contributed by atoms with Gasteiger partial charge in [0.2, 0.25) is 5.91 Å². The van der Waals surface area contributed by atoms with Crippen LogP contribution in [-0.2, 0) is 14.3 Å². The van der Waals surface area contributed by atoms with Crippen LogP contribution in [-0.4, -0.2) is 47.4 Å². The summed E-state index contributed by atoms with van der Waals surface area (Å²) >= 11 is 0. The Bertz CT molecular complexity index is 1470. The van der Waals surface area contributed by atoms with Crippen LogP contribution in [0.15, 0.2) is 36.5 Å². The first-order chi connectivity index (χ1) is 45.0. The van der Waals surface area contributed by atoms with E-state index in [1.807, 2.05) is 0 Å². The van der Waals surface area contributed by atoms with Crippen molar-refractivity contribution >= 4 is 11.9 Å². The lowest BCUT2D eigenvalue weighted by atomic mass is 10.0. The summed E-state index contributed by atoms with van der Waals surface area (Å²) < 4.78 is 5.49. The molecule has 2 atom stereocenters. The van der Waals surface area contributed by atoms with Crippen molar-refractivity contribution in [1.82, 2.24) is 5.32 Å². The number of carbonyl (C=O) groups excluding carboxylic acids is 2. The van der Waals surface area contributed by atoms with Crippen molar-refractivity contribution in [1.29, 1.82) is 0 Å². The minimum Gasteiger partial charge on any atom is -0.466 e. The number of rotatable bonds is 79. The molecular weight excluding hydrogens is 1110 g/mol. The Morgan fingerprint density at radius 1 is 0.308 bits per heavy atom. The van der Waals surface area contributed by atoms with Crippen molar-refractivity contribution in [2.24, 2.45) is 0 Å². The molecule has 0 aromatic carbocycles. The molecule has 0 saturated carbocycles. The van der Waals surface area contributed by atoms with E-state index < -0.39 is 12.1 Å². The van der Waals surface area contributed by atoms with Crippen LogP contribution in [0.4, 0.5) is 0 Å². The molecule has 0 saturated heterocycles. The number of aliphatic hydroxyl groups is 2.